The number of methoxy groups -OCH3 is 1. The molecule has 4 rings (SSSR count). The van der Waals surface area contributed by atoms with Gasteiger partial charge < -0.3 is 10.1 Å². The number of ether oxygens (including phenoxy) is 1. The first kappa shape index (κ1) is 25.3. The third-order valence-corrected chi connectivity index (χ3v) is 6.76. The Morgan fingerprint density at radius 3 is 2.34 bits per heavy atom. The lowest BCUT2D eigenvalue weighted by Crippen LogP contribution is -2.34. The number of halogens is 2. The molecular weight excluding hydrogens is 503 g/mol. The molecule has 0 bridgehead atoms. The van der Waals surface area contributed by atoms with Crippen molar-refractivity contribution in [3.05, 3.63) is 106 Å². The van der Waals surface area contributed by atoms with Gasteiger partial charge in [-0.3, -0.25) is 9.36 Å². The van der Waals surface area contributed by atoms with Crippen LogP contribution in [0, 0.1) is 0 Å². The molecule has 0 saturated heterocycles. The fourth-order valence-corrected chi connectivity index (χ4v) is 5.04. The van der Waals surface area contributed by atoms with Crippen LogP contribution in [0.25, 0.3) is 5.69 Å². The highest BCUT2D eigenvalue weighted by Gasteiger charge is 2.26. The van der Waals surface area contributed by atoms with E-state index in [2.05, 4.69) is 27.6 Å². The van der Waals surface area contributed by atoms with Crippen LogP contribution in [-0.2, 0) is 21.7 Å². The quantitative estimate of drug-likeness (QED) is 0.260. The lowest BCUT2D eigenvalue weighted by molar-refractivity contribution is -0.125. The largest absolute Gasteiger partial charge is 0.375 e. The third kappa shape index (κ3) is 6.64. The Balaban J connectivity index is 1.76. The molecule has 1 unspecified atom stereocenters. The van der Waals surface area contributed by atoms with Crippen molar-refractivity contribution in [1.82, 2.24) is 20.1 Å². The van der Waals surface area contributed by atoms with Crippen molar-refractivity contribution in [2.75, 3.05) is 13.7 Å². The molecule has 1 atom stereocenters. The fourth-order valence-electron chi connectivity index (χ4n) is 3.64. The summed E-state index contributed by atoms with van der Waals surface area (Å²) >= 11 is 14.3. The van der Waals surface area contributed by atoms with Crippen molar-refractivity contribution in [3.63, 3.8) is 0 Å². The van der Waals surface area contributed by atoms with E-state index in [9.17, 15) is 4.79 Å². The van der Waals surface area contributed by atoms with Crippen LogP contribution >= 0.6 is 35.0 Å². The maximum absolute atomic E-state index is 12.6. The second kappa shape index (κ2) is 12.2. The van der Waals surface area contributed by atoms with E-state index in [4.69, 9.17) is 27.9 Å². The molecule has 0 saturated carbocycles. The summed E-state index contributed by atoms with van der Waals surface area (Å²) in [5, 5.41) is 13.7. The van der Waals surface area contributed by atoms with Gasteiger partial charge in [0.15, 0.2) is 11.0 Å². The third-order valence-electron chi connectivity index (χ3n) is 5.22. The molecule has 4 aromatic rings. The average molecular weight is 527 g/mol. The minimum atomic E-state index is -0.467. The van der Waals surface area contributed by atoms with Crippen LogP contribution < -0.4 is 5.32 Å². The number of thioether (sulfide) groups is 1. The van der Waals surface area contributed by atoms with Crippen molar-refractivity contribution in [2.45, 2.75) is 23.4 Å². The zero-order valence-corrected chi connectivity index (χ0v) is 21.4. The zero-order valence-electron chi connectivity index (χ0n) is 19.0. The molecule has 180 valence electrons. The Morgan fingerprint density at radius 1 is 1.00 bits per heavy atom. The summed E-state index contributed by atoms with van der Waals surface area (Å²) in [6, 6.07) is 24.8. The van der Waals surface area contributed by atoms with Crippen molar-refractivity contribution in [2.24, 2.45) is 0 Å². The fraction of sp³-hybridized carbons (Fsp3) is 0.192. The molecule has 1 heterocycles. The predicted molar refractivity (Wildman–Crippen MR) is 140 cm³/mol. The number of nitrogens with one attached hydrogen (secondary N) is 1. The van der Waals surface area contributed by atoms with Crippen molar-refractivity contribution in [1.29, 1.82) is 0 Å². The highest BCUT2D eigenvalue weighted by atomic mass is 35.5. The van der Waals surface area contributed by atoms with E-state index < -0.39 is 6.04 Å². The maximum Gasteiger partial charge on any atom is 0.246 e. The van der Waals surface area contributed by atoms with E-state index in [-0.39, 0.29) is 12.5 Å². The molecule has 0 radical (unpaired) electrons. The van der Waals surface area contributed by atoms with E-state index >= 15 is 0 Å². The number of carbonyl (C=O) groups excluding carboxylic acids is 1. The summed E-state index contributed by atoms with van der Waals surface area (Å²) in [4.78, 5) is 12.6. The molecule has 1 N–H and O–H groups in total. The van der Waals surface area contributed by atoms with Gasteiger partial charge in [0.1, 0.15) is 6.61 Å². The normalized spacial score (nSPS) is 11.9. The van der Waals surface area contributed by atoms with Gasteiger partial charge >= 0.3 is 0 Å². The SMILES string of the molecule is COCC(=O)NC(Cc1ccccc1)c1nnc(SCc2ccccc2)n1-c1ccc(Cl)cc1Cl. The Morgan fingerprint density at radius 2 is 1.69 bits per heavy atom. The lowest BCUT2D eigenvalue weighted by atomic mass is 10.0. The molecule has 0 aliphatic heterocycles. The Hall–Kier alpha value is -2.84. The van der Waals surface area contributed by atoms with Gasteiger partial charge in [0.2, 0.25) is 5.91 Å². The number of hydrogen-bond acceptors (Lipinski definition) is 5. The highest BCUT2D eigenvalue weighted by Crippen LogP contribution is 2.33. The summed E-state index contributed by atoms with van der Waals surface area (Å²) in [5.74, 6) is 1.02. The van der Waals surface area contributed by atoms with Crippen LogP contribution in [0.1, 0.15) is 23.0 Å². The van der Waals surface area contributed by atoms with Crippen LogP contribution in [0.5, 0.6) is 0 Å². The number of hydrogen-bond donors (Lipinski definition) is 1. The van der Waals surface area contributed by atoms with Gasteiger partial charge in [0, 0.05) is 17.9 Å². The van der Waals surface area contributed by atoms with Crippen LogP contribution in [0.2, 0.25) is 10.0 Å². The Bertz CT molecular complexity index is 1270. The standard InChI is InChI=1S/C26H24Cl2N4O2S/c1-34-16-24(33)29-22(14-18-8-4-2-5-9-18)25-30-31-26(35-17-19-10-6-3-7-11-19)32(25)23-13-12-20(27)15-21(23)28/h2-13,15,22H,14,16-17H2,1H3,(H,29,33). The highest BCUT2D eigenvalue weighted by molar-refractivity contribution is 7.98. The van der Waals surface area contributed by atoms with E-state index in [0.717, 1.165) is 11.1 Å². The number of amides is 1. The van der Waals surface area contributed by atoms with Crippen molar-refractivity contribution >= 4 is 40.9 Å². The van der Waals surface area contributed by atoms with Crippen LogP contribution in [0.3, 0.4) is 0 Å². The molecule has 9 heteroatoms. The molecule has 3 aromatic carbocycles. The summed E-state index contributed by atoms with van der Waals surface area (Å²) < 4.78 is 6.93. The topological polar surface area (TPSA) is 69.0 Å². The minimum Gasteiger partial charge on any atom is -0.375 e. The van der Waals surface area contributed by atoms with Gasteiger partial charge in [0.25, 0.3) is 0 Å². The van der Waals surface area contributed by atoms with Gasteiger partial charge in [-0.05, 0) is 35.7 Å². The first-order chi connectivity index (χ1) is 17.0. The van der Waals surface area contributed by atoms with E-state index in [1.807, 2.05) is 59.2 Å². The number of carbonyl (C=O) groups is 1. The van der Waals surface area contributed by atoms with Gasteiger partial charge in [-0.1, -0.05) is 95.6 Å². The molecule has 0 fully saturated rings. The first-order valence-corrected chi connectivity index (χ1v) is 12.7. The lowest BCUT2D eigenvalue weighted by Gasteiger charge is -2.20. The van der Waals surface area contributed by atoms with Gasteiger partial charge in [-0.2, -0.15) is 0 Å². The summed E-state index contributed by atoms with van der Waals surface area (Å²) in [6.07, 6.45) is 0.517. The minimum absolute atomic E-state index is 0.0588. The molecule has 6 nitrogen and oxygen atoms in total. The predicted octanol–water partition coefficient (Wildman–Crippen LogP) is 5.91. The molecule has 0 aliphatic carbocycles. The number of nitrogens with zero attached hydrogens (tertiary/aromatic N) is 3. The van der Waals surface area contributed by atoms with E-state index in [0.29, 0.717) is 38.9 Å². The first-order valence-electron chi connectivity index (χ1n) is 10.9. The van der Waals surface area contributed by atoms with Crippen LogP contribution in [0.15, 0.2) is 84.0 Å². The Kier molecular flexibility index (Phi) is 8.82. The molecular formula is C26H24Cl2N4O2S. The molecule has 0 aliphatic rings. The van der Waals surface area contributed by atoms with E-state index in [1.165, 1.54) is 7.11 Å². The number of aromatic nitrogens is 3. The Labute approximate surface area is 218 Å². The zero-order chi connectivity index (χ0) is 24.6. The molecule has 1 amide bonds. The number of rotatable bonds is 10. The molecule has 1 aromatic heterocycles. The second-order valence-electron chi connectivity index (χ2n) is 7.79. The van der Waals surface area contributed by atoms with E-state index in [1.54, 1.807) is 23.9 Å². The molecule has 35 heavy (non-hydrogen) atoms. The monoisotopic (exact) mass is 526 g/mol. The van der Waals surface area contributed by atoms with Gasteiger partial charge in [0.05, 0.1) is 16.8 Å². The average Bonchev–Trinajstić information content (AvgIpc) is 3.27. The number of benzene rings is 3. The van der Waals surface area contributed by atoms with Crippen molar-refractivity contribution < 1.29 is 9.53 Å². The molecule has 0 spiro atoms. The van der Waals surface area contributed by atoms with Crippen LogP contribution in [-0.4, -0.2) is 34.4 Å². The maximum atomic E-state index is 12.6. The summed E-state index contributed by atoms with van der Waals surface area (Å²) in [5.41, 5.74) is 2.89. The second-order valence-corrected chi connectivity index (χ2v) is 9.58. The van der Waals surface area contributed by atoms with Crippen LogP contribution in [0.4, 0.5) is 0 Å². The van der Waals surface area contributed by atoms with Gasteiger partial charge in [-0.15, -0.1) is 10.2 Å². The summed E-state index contributed by atoms with van der Waals surface area (Å²) in [6.45, 7) is -0.0588. The van der Waals surface area contributed by atoms with Crippen molar-refractivity contribution in [3.8, 4) is 5.69 Å². The smallest absolute Gasteiger partial charge is 0.246 e. The summed E-state index contributed by atoms with van der Waals surface area (Å²) in [7, 11) is 1.49. The van der Waals surface area contributed by atoms with Gasteiger partial charge in [-0.25, -0.2) is 0 Å².